The third-order valence-corrected chi connectivity index (χ3v) is 4.97. The summed E-state index contributed by atoms with van der Waals surface area (Å²) < 4.78 is 22.1. The summed E-state index contributed by atoms with van der Waals surface area (Å²) in [5, 5.41) is 53.6. The van der Waals surface area contributed by atoms with Crippen molar-refractivity contribution in [3.05, 3.63) is 0 Å². The van der Waals surface area contributed by atoms with Crippen molar-refractivity contribution >= 4 is 0 Å². The van der Waals surface area contributed by atoms with E-state index in [1.54, 1.807) is 6.92 Å². The standard InChI is InChI=1S/C16H32N2O9/c1-7-10(20)11(21)15(9(6-19)25-7)27-16-13(23)12(22)14(24-2)8(26-16)5-18-4-3-17/h7-16,18-23H,3-6,17H2,1-2H3/t7-,8-,9-,10+,11-,12-,13-,14-,15?,16-/m1/s1. The second-order valence-corrected chi connectivity index (χ2v) is 6.86. The van der Waals surface area contributed by atoms with Gasteiger partial charge in [-0.3, -0.25) is 0 Å². The molecule has 0 aliphatic carbocycles. The van der Waals surface area contributed by atoms with Gasteiger partial charge in [0.2, 0.25) is 0 Å². The van der Waals surface area contributed by atoms with Gasteiger partial charge < -0.3 is 55.5 Å². The summed E-state index contributed by atoms with van der Waals surface area (Å²) in [4.78, 5) is 0. The van der Waals surface area contributed by atoms with Gasteiger partial charge in [0.15, 0.2) is 6.29 Å². The summed E-state index contributed by atoms with van der Waals surface area (Å²) >= 11 is 0. The summed E-state index contributed by atoms with van der Waals surface area (Å²) in [6.45, 7) is 2.31. The van der Waals surface area contributed by atoms with Gasteiger partial charge in [0.05, 0.1) is 12.7 Å². The smallest absolute Gasteiger partial charge is 0.187 e. The molecule has 8 N–H and O–H groups in total. The Hall–Kier alpha value is -0.440. The highest BCUT2D eigenvalue weighted by atomic mass is 16.7. The first kappa shape index (κ1) is 22.8. The molecule has 0 aromatic heterocycles. The molecule has 2 aliphatic rings. The third-order valence-electron chi connectivity index (χ3n) is 4.97. The number of rotatable bonds is 8. The second-order valence-electron chi connectivity index (χ2n) is 6.86. The molecule has 11 heteroatoms. The van der Waals surface area contributed by atoms with Crippen LogP contribution in [0.15, 0.2) is 0 Å². The van der Waals surface area contributed by atoms with Crippen molar-refractivity contribution in [2.75, 3.05) is 33.4 Å². The van der Waals surface area contributed by atoms with E-state index in [1.807, 2.05) is 0 Å². The molecule has 0 saturated carbocycles. The van der Waals surface area contributed by atoms with Crippen molar-refractivity contribution in [2.24, 2.45) is 5.73 Å². The van der Waals surface area contributed by atoms with E-state index in [0.717, 1.165) is 0 Å². The Balaban J connectivity index is 2.10. The number of aliphatic hydroxyl groups is 5. The van der Waals surface area contributed by atoms with Gasteiger partial charge in [0, 0.05) is 26.7 Å². The molecule has 11 nitrogen and oxygen atoms in total. The summed E-state index contributed by atoms with van der Waals surface area (Å²) in [7, 11) is 1.39. The fraction of sp³-hybridized carbons (Fsp3) is 1.00. The number of nitrogens with one attached hydrogen (secondary N) is 1. The molecule has 27 heavy (non-hydrogen) atoms. The van der Waals surface area contributed by atoms with Gasteiger partial charge in [-0.2, -0.15) is 0 Å². The van der Waals surface area contributed by atoms with Gasteiger partial charge >= 0.3 is 0 Å². The largest absolute Gasteiger partial charge is 0.394 e. The maximum atomic E-state index is 10.4. The fourth-order valence-corrected chi connectivity index (χ4v) is 3.42. The van der Waals surface area contributed by atoms with Crippen molar-refractivity contribution in [1.82, 2.24) is 5.32 Å². The van der Waals surface area contributed by atoms with Crippen LogP contribution in [0.3, 0.4) is 0 Å². The Labute approximate surface area is 158 Å². The quantitative estimate of drug-likeness (QED) is 0.198. The molecule has 2 rings (SSSR count). The molecule has 2 saturated heterocycles. The third kappa shape index (κ3) is 5.14. The summed E-state index contributed by atoms with van der Waals surface area (Å²) in [6.07, 6.45) is -11.0. The van der Waals surface area contributed by atoms with Crippen molar-refractivity contribution in [3.8, 4) is 0 Å². The molecule has 0 aromatic rings. The van der Waals surface area contributed by atoms with E-state index in [1.165, 1.54) is 7.11 Å². The molecular weight excluding hydrogens is 364 g/mol. The van der Waals surface area contributed by atoms with Crippen LogP contribution >= 0.6 is 0 Å². The second kappa shape index (κ2) is 10.4. The number of methoxy groups -OCH3 is 1. The normalized spacial score (nSPS) is 45.8. The topological polar surface area (TPSA) is 176 Å². The van der Waals surface area contributed by atoms with Crippen LogP contribution in [0.5, 0.6) is 0 Å². The molecule has 1 unspecified atom stereocenters. The number of ether oxygens (including phenoxy) is 4. The van der Waals surface area contributed by atoms with Crippen LogP contribution in [0.4, 0.5) is 0 Å². The number of hydrogen-bond donors (Lipinski definition) is 7. The minimum absolute atomic E-state index is 0.284. The van der Waals surface area contributed by atoms with Crippen LogP contribution < -0.4 is 11.1 Å². The number of aliphatic hydroxyl groups excluding tert-OH is 5. The highest BCUT2D eigenvalue weighted by Gasteiger charge is 2.50. The first-order valence-electron chi connectivity index (χ1n) is 9.08. The van der Waals surface area contributed by atoms with Gasteiger partial charge in [-0.25, -0.2) is 0 Å². The van der Waals surface area contributed by atoms with Crippen LogP contribution in [0, 0.1) is 0 Å². The minimum Gasteiger partial charge on any atom is -0.394 e. The van der Waals surface area contributed by atoms with Crippen LogP contribution in [0.1, 0.15) is 6.92 Å². The molecule has 160 valence electrons. The Kier molecular flexibility index (Phi) is 8.77. The van der Waals surface area contributed by atoms with Crippen LogP contribution in [-0.2, 0) is 18.9 Å². The fourth-order valence-electron chi connectivity index (χ4n) is 3.42. The lowest BCUT2D eigenvalue weighted by atomic mass is 9.95. The van der Waals surface area contributed by atoms with Crippen molar-refractivity contribution in [2.45, 2.75) is 68.1 Å². The predicted octanol–water partition coefficient (Wildman–Crippen LogP) is -4.12. The van der Waals surface area contributed by atoms with Crippen molar-refractivity contribution in [1.29, 1.82) is 0 Å². The van der Waals surface area contributed by atoms with Gasteiger partial charge in [-0.05, 0) is 6.92 Å². The molecule has 0 bridgehead atoms. The Morgan fingerprint density at radius 3 is 2.22 bits per heavy atom. The summed E-state index contributed by atoms with van der Waals surface area (Å²) in [6, 6.07) is 0. The van der Waals surface area contributed by atoms with Crippen LogP contribution in [0.2, 0.25) is 0 Å². The maximum Gasteiger partial charge on any atom is 0.187 e. The molecular formula is C16H32N2O9. The lowest BCUT2D eigenvalue weighted by molar-refractivity contribution is -0.339. The van der Waals surface area contributed by atoms with E-state index in [-0.39, 0.29) is 6.54 Å². The highest BCUT2D eigenvalue weighted by Crippen LogP contribution is 2.29. The minimum atomic E-state index is -1.47. The van der Waals surface area contributed by atoms with E-state index in [0.29, 0.717) is 13.1 Å². The van der Waals surface area contributed by atoms with Gasteiger partial charge in [0.1, 0.15) is 48.8 Å². The van der Waals surface area contributed by atoms with E-state index in [2.05, 4.69) is 5.32 Å². The lowest BCUT2D eigenvalue weighted by Gasteiger charge is -2.46. The molecule has 10 atom stereocenters. The Morgan fingerprint density at radius 2 is 1.63 bits per heavy atom. The van der Waals surface area contributed by atoms with E-state index in [9.17, 15) is 25.5 Å². The molecule has 2 aliphatic heterocycles. The SMILES string of the molecule is CO[C@H]1[C@H](O)[C@@H](O)[C@@H](OC2[C@@H](CO)O[C@H](C)[C@H](O)[C@H]2O)O[C@@H]1CNCCN. The van der Waals surface area contributed by atoms with Gasteiger partial charge in [0.25, 0.3) is 0 Å². The average Bonchev–Trinajstić information content (AvgIpc) is 2.66. The highest BCUT2D eigenvalue weighted by molar-refractivity contribution is 4.95. The zero-order chi connectivity index (χ0) is 20.1. The zero-order valence-electron chi connectivity index (χ0n) is 15.5. The lowest BCUT2D eigenvalue weighted by Crippen LogP contribution is -2.65. The Bertz CT molecular complexity index is 444. The molecule has 2 fully saturated rings. The Morgan fingerprint density at radius 1 is 0.963 bits per heavy atom. The first-order valence-corrected chi connectivity index (χ1v) is 9.08. The molecule has 0 amide bonds. The van der Waals surface area contributed by atoms with Crippen LogP contribution in [-0.4, -0.2) is 120 Å². The first-order chi connectivity index (χ1) is 12.8. The molecule has 0 aromatic carbocycles. The predicted molar refractivity (Wildman–Crippen MR) is 91.7 cm³/mol. The molecule has 0 radical (unpaired) electrons. The molecule has 2 heterocycles. The average molecular weight is 396 g/mol. The van der Waals surface area contributed by atoms with Gasteiger partial charge in [-0.1, -0.05) is 0 Å². The van der Waals surface area contributed by atoms with Crippen molar-refractivity contribution < 1.29 is 44.5 Å². The molecule has 0 spiro atoms. The van der Waals surface area contributed by atoms with Crippen LogP contribution in [0.25, 0.3) is 0 Å². The number of nitrogens with two attached hydrogens (primary N) is 1. The van der Waals surface area contributed by atoms with E-state index < -0.39 is 67.8 Å². The summed E-state index contributed by atoms with van der Waals surface area (Å²) in [5.74, 6) is 0. The van der Waals surface area contributed by atoms with E-state index in [4.69, 9.17) is 24.7 Å². The van der Waals surface area contributed by atoms with Crippen molar-refractivity contribution in [3.63, 3.8) is 0 Å². The summed E-state index contributed by atoms with van der Waals surface area (Å²) in [5.41, 5.74) is 5.44. The number of hydrogen-bond acceptors (Lipinski definition) is 11. The zero-order valence-corrected chi connectivity index (χ0v) is 15.5. The monoisotopic (exact) mass is 396 g/mol. The van der Waals surface area contributed by atoms with E-state index >= 15 is 0 Å². The maximum absolute atomic E-state index is 10.4. The van der Waals surface area contributed by atoms with Gasteiger partial charge in [-0.15, -0.1) is 0 Å².